The van der Waals surface area contributed by atoms with Gasteiger partial charge in [-0.3, -0.25) is 0 Å². The zero-order chi connectivity index (χ0) is 10.6. The minimum absolute atomic E-state index is 0.0139. The van der Waals surface area contributed by atoms with Crippen molar-refractivity contribution in [3.05, 3.63) is 0 Å². The van der Waals surface area contributed by atoms with Gasteiger partial charge in [0, 0.05) is 5.38 Å². The van der Waals surface area contributed by atoms with Crippen molar-refractivity contribution in [1.29, 1.82) is 0 Å². The van der Waals surface area contributed by atoms with Crippen LogP contribution in [0.4, 0.5) is 0 Å². The molecule has 0 aliphatic heterocycles. The Morgan fingerprint density at radius 1 is 1.07 bits per heavy atom. The predicted octanol–water partition coefficient (Wildman–Crippen LogP) is 3.58. The van der Waals surface area contributed by atoms with E-state index in [0.29, 0.717) is 11.3 Å². The fourth-order valence-electron chi connectivity index (χ4n) is 2.26. The number of hydrogen-bond acceptors (Lipinski definition) is 1. The van der Waals surface area contributed by atoms with E-state index in [9.17, 15) is 0 Å². The van der Waals surface area contributed by atoms with E-state index in [4.69, 9.17) is 16.7 Å². The summed E-state index contributed by atoms with van der Waals surface area (Å²) in [7, 11) is 0. The molecular weight excluding hydrogens is 196 g/mol. The Balaban J connectivity index is 0.000000140. The normalized spacial score (nSPS) is 42.0. The fourth-order valence-corrected chi connectivity index (χ4v) is 2.69. The molecular formula is C12H23ClO. The van der Waals surface area contributed by atoms with Crippen LogP contribution in [0, 0.1) is 11.8 Å². The Bertz CT molecular complexity index is 144. The standard InChI is InChI=1S/C6H11Cl.C6H12O/c1-5-2-3-6(7)4-5;1-5-3-2-4-6(5)7/h5-6H,2-4H2,1H3;5-7H,2-4H2,1H3. The van der Waals surface area contributed by atoms with Gasteiger partial charge >= 0.3 is 0 Å². The van der Waals surface area contributed by atoms with Crippen LogP contribution in [0.25, 0.3) is 0 Å². The Morgan fingerprint density at radius 2 is 1.79 bits per heavy atom. The summed E-state index contributed by atoms with van der Waals surface area (Å²) in [6.07, 6.45) is 7.31. The molecule has 2 saturated carbocycles. The fraction of sp³-hybridized carbons (Fsp3) is 1.00. The zero-order valence-corrected chi connectivity index (χ0v) is 10.1. The molecule has 14 heavy (non-hydrogen) atoms. The van der Waals surface area contributed by atoms with Crippen LogP contribution >= 0.6 is 11.6 Å². The highest BCUT2D eigenvalue weighted by molar-refractivity contribution is 6.20. The smallest absolute Gasteiger partial charge is 0.0565 e. The maximum atomic E-state index is 9.00. The number of aliphatic hydroxyl groups is 1. The summed E-state index contributed by atoms with van der Waals surface area (Å²) in [5, 5.41) is 9.49. The number of rotatable bonds is 0. The lowest BCUT2D eigenvalue weighted by Gasteiger charge is -2.04. The van der Waals surface area contributed by atoms with E-state index in [1.165, 1.54) is 32.1 Å². The van der Waals surface area contributed by atoms with Gasteiger partial charge < -0.3 is 5.11 Å². The van der Waals surface area contributed by atoms with Gasteiger partial charge in [-0.05, 0) is 43.9 Å². The molecule has 0 aromatic rings. The molecule has 0 spiro atoms. The molecule has 1 N–H and O–H groups in total. The summed E-state index contributed by atoms with van der Waals surface area (Å²) in [5.41, 5.74) is 0. The molecule has 2 aliphatic rings. The molecule has 4 atom stereocenters. The van der Waals surface area contributed by atoms with Gasteiger partial charge in [-0.25, -0.2) is 0 Å². The maximum absolute atomic E-state index is 9.00. The van der Waals surface area contributed by atoms with Crippen LogP contribution in [-0.2, 0) is 0 Å². The minimum atomic E-state index is 0.0139. The van der Waals surface area contributed by atoms with Crippen LogP contribution in [0.2, 0.25) is 0 Å². The molecule has 0 amide bonds. The summed E-state index contributed by atoms with van der Waals surface area (Å²) in [4.78, 5) is 0. The Kier molecular flexibility index (Phi) is 5.25. The molecule has 0 heterocycles. The number of alkyl halides is 1. The highest BCUT2D eigenvalue weighted by Crippen LogP contribution is 2.28. The highest BCUT2D eigenvalue weighted by atomic mass is 35.5. The van der Waals surface area contributed by atoms with E-state index >= 15 is 0 Å². The molecule has 1 nitrogen and oxygen atoms in total. The van der Waals surface area contributed by atoms with Gasteiger partial charge in [0.2, 0.25) is 0 Å². The van der Waals surface area contributed by atoms with Crippen LogP contribution in [0.3, 0.4) is 0 Å². The Hall–Kier alpha value is 0.250. The molecule has 0 radical (unpaired) electrons. The first kappa shape index (κ1) is 12.3. The van der Waals surface area contributed by atoms with Crippen LogP contribution in [0.5, 0.6) is 0 Å². The molecule has 2 fully saturated rings. The first-order valence-electron chi connectivity index (χ1n) is 5.91. The first-order chi connectivity index (χ1) is 6.59. The van der Waals surface area contributed by atoms with Crippen molar-refractivity contribution in [3.63, 3.8) is 0 Å². The third-order valence-electron chi connectivity index (χ3n) is 3.45. The van der Waals surface area contributed by atoms with E-state index in [2.05, 4.69) is 13.8 Å². The van der Waals surface area contributed by atoms with Gasteiger partial charge in [0.15, 0.2) is 0 Å². The van der Waals surface area contributed by atoms with E-state index in [1.807, 2.05) is 0 Å². The average molecular weight is 219 g/mol. The second kappa shape index (κ2) is 5.97. The quantitative estimate of drug-likeness (QED) is 0.617. The van der Waals surface area contributed by atoms with Crippen molar-refractivity contribution < 1.29 is 5.11 Å². The van der Waals surface area contributed by atoms with Crippen molar-refractivity contribution in [2.24, 2.45) is 11.8 Å². The second-order valence-corrected chi connectivity index (χ2v) is 5.61. The molecule has 0 aromatic heterocycles. The molecule has 2 aliphatic carbocycles. The molecule has 84 valence electrons. The second-order valence-electron chi connectivity index (χ2n) is 4.99. The van der Waals surface area contributed by atoms with E-state index in [0.717, 1.165) is 12.3 Å². The number of aliphatic hydroxyl groups excluding tert-OH is 1. The third kappa shape index (κ3) is 4.18. The van der Waals surface area contributed by atoms with Crippen molar-refractivity contribution in [2.45, 2.75) is 63.9 Å². The Morgan fingerprint density at radius 3 is 1.93 bits per heavy atom. The van der Waals surface area contributed by atoms with Crippen LogP contribution in [0.15, 0.2) is 0 Å². The van der Waals surface area contributed by atoms with Crippen molar-refractivity contribution in [2.75, 3.05) is 0 Å². The summed E-state index contributed by atoms with van der Waals surface area (Å²) in [6, 6.07) is 0. The third-order valence-corrected chi connectivity index (χ3v) is 3.84. The lowest BCUT2D eigenvalue weighted by molar-refractivity contribution is 0.141. The van der Waals surface area contributed by atoms with Crippen molar-refractivity contribution >= 4 is 11.6 Å². The van der Waals surface area contributed by atoms with Crippen LogP contribution in [-0.4, -0.2) is 16.6 Å². The summed E-state index contributed by atoms with van der Waals surface area (Å²) in [6.45, 7) is 4.38. The zero-order valence-electron chi connectivity index (χ0n) is 9.38. The molecule has 0 saturated heterocycles. The van der Waals surface area contributed by atoms with Crippen molar-refractivity contribution in [3.8, 4) is 0 Å². The van der Waals surface area contributed by atoms with E-state index < -0.39 is 0 Å². The van der Waals surface area contributed by atoms with Gasteiger partial charge in [0.1, 0.15) is 0 Å². The van der Waals surface area contributed by atoms with Gasteiger partial charge in [0.05, 0.1) is 6.10 Å². The summed E-state index contributed by atoms with van der Waals surface area (Å²) >= 11 is 5.81. The van der Waals surface area contributed by atoms with Gasteiger partial charge in [-0.2, -0.15) is 0 Å². The SMILES string of the molecule is CC1CCC(Cl)C1.CC1CCCC1O. The van der Waals surface area contributed by atoms with Crippen LogP contribution in [0.1, 0.15) is 52.4 Å². The molecule has 0 aromatic carbocycles. The number of halogens is 1. The van der Waals surface area contributed by atoms with Crippen LogP contribution < -0.4 is 0 Å². The summed E-state index contributed by atoms with van der Waals surface area (Å²) in [5.74, 6) is 1.46. The molecule has 2 rings (SSSR count). The largest absolute Gasteiger partial charge is 0.393 e. The minimum Gasteiger partial charge on any atom is -0.393 e. The number of hydrogen-bond donors (Lipinski definition) is 1. The topological polar surface area (TPSA) is 20.2 Å². The monoisotopic (exact) mass is 218 g/mol. The van der Waals surface area contributed by atoms with Gasteiger partial charge in [0.25, 0.3) is 0 Å². The first-order valence-corrected chi connectivity index (χ1v) is 6.35. The lowest BCUT2D eigenvalue weighted by Crippen LogP contribution is -2.07. The molecule has 2 heteroatoms. The van der Waals surface area contributed by atoms with E-state index in [-0.39, 0.29) is 6.10 Å². The summed E-state index contributed by atoms with van der Waals surface area (Å²) < 4.78 is 0. The van der Waals surface area contributed by atoms with Gasteiger partial charge in [-0.1, -0.05) is 20.3 Å². The van der Waals surface area contributed by atoms with Gasteiger partial charge in [-0.15, -0.1) is 11.6 Å². The Labute approximate surface area is 92.8 Å². The molecule has 4 unspecified atom stereocenters. The maximum Gasteiger partial charge on any atom is 0.0565 e. The van der Waals surface area contributed by atoms with E-state index in [1.54, 1.807) is 0 Å². The average Bonchev–Trinajstić information content (AvgIpc) is 2.65. The highest BCUT2D eigenvalue weighted by Gasteiger charge is 2.19. The van der Waals surface area contributed by atoms with Crippen molar-refractivity contribution in [1.82, 2.24) is 0 Å². The lowest BCUT2D eigenvalue weighted by atomic mass is 10.1. The molecule has 0 bridgehead atoms. The predicted molar refractivity (Wildman–Crippen MR) is 61.7 cm³/mol.